The monoisotopic (exact) mass is 310 g/mol. The average molecular weight is 310 g/mol. The number of hydrogen-bond donors (Lipinski definition) is 0. The van der Waals surface area contributed by atoms with Crippen LogP contribution in [0.2, 0.25) is 0 Å². The number of aromatic nitrogens is 4. The molecule has 0 N–H and O–H groups in total. The van der Waals surface area contributed by atoms with Crippen LogP contribution >= 0.6 is 0 Å². The molecule has 23 heavy (non-hydrogen) atoms. The number of fused-ring (bicyclic) bond motifs is 1. The molecule has 1 aromatic carbocycles. The van der Waals surface area contributed by atoms with Crippen molar-refractivity contribution in [2.45, 2.75) is 40.7 Å². The van der Waals surface area contributed by atoms with Crippen LogP contribution in [0.4, 0.5) is 0 Å². The highest BCUT2D eigenvalue weighted by molar-refractivity contribution is 5.81. The van der Waals surface area contributed by atoms with Crippen molar-refractivity contribution in [2.75, 3.05) is 0 Å². The lowest BCUT2D eigenvalue weighted by molar-refractivity contribution is 0.601. The van der Waals surface area contributed by atoms with Crippen LogP contribution in [0, 0.1) is 27.7 Å². The van der Waals surface area contributed by atoms with E-state index in [4.69, 9.17) is 0 Å². The lowest BCUT2D eigenvalue weighted by Crippen LogP contribution is -2.25. The molecule has 0 fully saturated rings. The third-order valence-corrected chi connectivity index (χ3v) is 4.88. The smallest absolute Gasteiger partial charge is 0.261 e. The summed E-state index contributed by atoms with van der Waals surface area (Å²) >= 11 is 0. The molecular weight excluding hydrogens is 288 g/mol. The van der Waals surface area contributed by atoms with E-state index in [9.17, 15) is 4.79 Å². The van der Waals surface area contributed by atoms with Crippen LogP contribution in [-0.4, -0.2) is 19.3 Å². The van der Waals surface area contributed by atoms with Gasteiger partial charge in [-0.3, -0.25) is 14.0 Å². The molecule has 0 aliphatic rings. The predicted molar refractivity (Wildman–Crippen MR) is 92.0 cm³/mol. The summed E-state index contributed by atoms with van der Waals surface area (Å²) in [6.45, 7) is 10.1. The quantitative estimate of drug-likeness (QED) is 0.731. The molecule has 0 saturated carbocycles. The van der Waals surface area contributed by atoms with Gasteiger partial charge in [-0.05, 0) is 51.8 Å². The Morgan fingerprint density at radius 2 is 1.83 bits per heavy atom. The van der Waals surface area contributed by atoms with E-state index in [1.54, 1.807) is 10.9 Å². The molecule has 3 rings (SSSR count). The molecule has 0 aliphatic carbocycles. The van der Waals surface area contributed by atoms with Gasteiger partial charge in [0.1, 0.15) is 0 Å². The van der Waals surface area contributed by atoms with Crippen LogP contribution < -0.4 is 5.56 Å². The van der Waals surface area contributed by atoms with Crippen molar-refractivity contribution in [1.82, 2.24) is 19.3 Å². The zero-order valence-corrected chi connectivity index (χ0v) is 14.5. The fourth-order valence-corrected chi connectivity index (χ4v) is 3.26. The molecule has 0 saturated heterocycles. The Morgan fingerprint density at radius 1 is 1.13 bits per heavy atom. The van der Waals surface area contributed by atoms with Crippen LogP contribution in [0.5, 0.6) is 0 Å². The highest BCUT2D eigenvalue weighted by atomic mass is 16.1. The minimum absolute atomic E-state index is 0.00625. The Morgan fingerprint density at radius 3 is 2.43 bits per heavy atom. The summed E-state index contributed by atoms with van der Waals surface area (Å²) in [6.07, 6.45) is 1.66. The molecule has 0 spiro atoms. The zero-order valence-electron chi connectivity index (χ0n) is 14.5. The molecule has 5 heteroatoms. The Kier molecular flexibility index (Phi) is 3.59. The number of benzene rings is 1. The highest BCUT2D eigenvalue weighted by Gasteiger charge is 2.20. The van der Waals surface area contributed by atoms with Crippen molar-refractivity contribution >= 4 is 10.9 Å². The normalized spacial score (nSPS) is 12.8. The van der Waals surface area contributed by atoms with Gasteiger partial charge in [-0.1, -0.05) is 6.07 Å². The van der Waals surface area contributed by atoms with E-state index in [0.717, 1.165) is 33.6 Å². The molecule has 120 valence electrons. The standard InChI is InChI=1S/C18H22N4O/c1-10-7-8-15-17(11(10)2)19-9-22(18(15)23)14(5)16-12(3)20-21(6)13(16)4/h7-9,14H,1-6H3. The van der Waals surface area contributed by atoms with Crippen LogP contribution in [0.25, 0.3) is 10.9 Å². The molecule has 2 aromatic heterocycles. The second-order valence-electron chi connectivity index (χ2n) is 6.24. The second-order valence-corrected chi connectivity index (χ2v) is 6.24. The highest BCUT2D eigenvalue weighted by Crippen LogP contribution is 2.24. The summed E-state index contributed by atoms with van der Waals surface area (Å²) in [7, 11) is 1.92. The molecule has 2 heterocycles. The van der Waals surface area contributed by atoms with Gasteiger partial charge in [-0.2, -0.15) is 5.10 Å². The van der Waals surface area contributed by atoms with E-state index >= 15 is 0 Å². The minimum Gasteiger partial charge on any atom is -0.291 e. The third kappa shape index (κ3) is 2.27. The van der Waals surface area contributed by atoms with E-state index in [2.05, 4.69) is 10.1 Å². The number of nitrogens with zero attached hydrogens (tertiary/aromatic N) is 4. The van der Waals surface area contributed by atoms with E-state index in [-0.39, 0.29) is 11.6 Å². The number of rotatable bonds is 2. The van der Waals surface area contributed by atoms with Gasteiger partial charge in [0.2, 0.25) is 0 Å². The van der Waals surface area contributed by atoms with Gasteiger partial charge < -0.3 is 0 Å². The van der Waals surface area contributed by atoms with Crippen molar-refractivity contribution in [1.29, 1.82) is 0 Å². The first kappa shape index (κ1) is 15.5. The first-order chi connectivity index (χ1) is 10.8. The van der Waals surface area contributed by atoms with Crippen molar-refractivity contribution < 1.29 is 0 Å². The first-order valence-electron chi connectivity index (χ1n) is 7.80. The fourth-order valence-electron chi connectivity index (χ4n) is 3.26. The van der Waals surface area contributed by atoms with Crippen molar-refractivity contribution in [2.24, 2.45) is 7.05 Å². The Labute approximate surface area is 135 Å². The number of aryl methyl sites for hydroxylation is 4. The molecular formula is C18H22N4O. The first-order valence-corrected chi connectivity index (χ1v) is 7.80. The number of hydrogen-bond acceptors (Lipinski definition) is 3. The minimum atomic E-state index is -0.102. The lowest BCUT2D eigenvalue weighted by Gasteiger charge is -2.17. The van der Waals surface area contributed by atoms with Crippen molar-refractivity contribution in [3.8, 4) is 0 Å². The summed E-state index contributed by atoms with van der Waals surface area (Å²) in [5, 5.41) is 5.12. The van der Waals surface area contributed by atoms with Gasteiger partial charge in [-0.15, -0.1) is 0 Å². The topological polar surface area (TPSA) is 52.7 Å². The fraction of sp³-hybridized carbons (Fsp3) is 0.389. The predicted octanol–water partition coefficient (Wildman–Crippen LogP) is 2.97. The van der Waals surface area contributed by atoms with Crippen molar-refractivity contribution in [3.63, 3.8) is 0 Å². The summed E-state index contributed by atoms with van der Waals surface area (Å²) in [5.41, 5.74) is 6.10. The SMILES string of the molecule is Cc1ccc2c(=O)n(C(C)c3c(C)nn(C)c3C)cnc2c1C. The van der Waals surface area contributed by atoms with Gasteiger partial charge in [-0.25, -0.2) is 4.98 Å². The van der Waals surface area contributed by atoms with Crippen LogP contribution in [0.15, 0.2) is 23.3 Å². The summed E-state index contributed by atoms with van der Waals surface area (Å²) in [5.74, 6) is 0. The molecule has 1 unspecified atom stereocenters. The largest absolute Gasteiger partial charge is 0.291 e. The Balaban J connectivity index is 2.23. The van der Waals surface area contributed by atoms with Gasteiger partial charge in [0.05, 0.1) is 29.0 Å². The van der Waals surface area contributed by atoms with Crippen LogP contribution in [-0.2, 0) is 7.05 Å². The summed E-state index contributed by atoms with van der Waals surface area (Å²) < 4.78 is 3.56. The molecule has 0 aliphatic heterocycles. The van der Waals surface area contributed by atoms with E-state index in [1.165, 1.54) is 0 Å². The van der Waals surface area contributed by atoms with Gasteiger partial charge >= 0.3 is 0 Å². The molecule has 0 amide bonds. The van der Waals surface area contributed by atoms with Crippen LogP contribution in [0.3, 0.4) is 0 Å². The zero-order chi connectivity index (χ0) is 16.9. The van der Waals surface area contributed by atoms with Crippen molar-refractivity contribution in [3.05, 3.63) is 56.9 Å². The molecule has 0 radical (unpaired) electrons. The third-order valence-electron chi connectivity index (χ3n) is 4.88. The average Bonchev–Trinajstić information content (AvgIpc) is 2.76. The maximum atomic E-state index is 12.9. The molecule has 5 nitrogen and oxygen atoms in total. The molecule has 3 aromatic rings. The Hall–Kier alpha value is -2.43. The van der Waals surface area contributed by atoms with E-state index in [0.29, 0.717) is 5.39 Å². The summed E-state index contributed by atoms with van der Waals surface area (Å²) in [4.78, 5) is 17.5. The van der Waals surface area contributed by atoms with E-state index < -0.39 is 0 Å². The van der Waals surface area contributed by atoms with Gasteiger partial charge in [0, 0.05) is 18.3 Å². The molecule has 0 bridgehead atoms. The lowest BCUT2D eigenvalue weighted by atomic mass is 10.0. The Bertz CT molecular complexity index is 965. The van der Waals surface area contributed by atoms with Gasteiger partial charge in [0.15, 0.2) is 0 Å². The summed E-state index contributed by atoms with van der Waals surface area (Å²) in [6, 6.07) is 3.75. The maximum Gasteiger partial charge on any atom is 0.261 e. The maximum absolute atomic E-state index is 12.9. The van der Waals surface area contributed by atoms with E-state index in [1.807, 2.05) is 58.5 Å². The van der Waals surface area contributed by atoms with Crippen LogP contribution in [0.1, 0.15) is 41.0 Å². The van der Waals surface area contributed by atoms with Gasteiger partial charge in [0.25, 0.3) is 5.56 Å². The molecule has 1 atom stereocenters. The second kappa shape index (κ2) is 5.33.